The van der Waals surface area contributed by atoms with E-state index >= 15 is 0 Å². The van der Waals surface area contributed by atoms with E-state index in [1.807, 2.05) is 0 Å². The zero-order chi connectivity index (χ0) is 33.1. The summed E-state index contributed by atoms with van der Waals surface area (Å²) in [6, 6.07) is 7.78. The minimum atomic E-state index is -5.35. The second-order valence-corrected chi connectivity index (χ2v) is 9.29. The van der Waals surface area contributed by atoms with Crippen molar-refractivity contribution in [3.05, 3.63) is 101 Å². The molecule has 44 heavy (non-hydrogen) atoms. The van der Waals surface area contributed by atoms with E-state index < -0.39 is 89.6 Å². The molecule has 0 saturated carbocycles. The number of urea groups is 1. The standard InChI is InChI=1S/C27H20F12N2O3/c28-17-8-16(9-18(11-17)44-27(38,39)22(30)31)24(12-14-4-2-1-3-5-14,41-23(43)40-13-21(42)26(35,36)37)15-6-7-20(29)19(10-15)25(32,33)34/h1-11,21-22,42H,12-13H2,(H2,40,41,43)/t21?,24-/m1/s1. The quantitative estimate of drug-likeness (QED) is 0.209. The SMILES string of the molecule is O=C(NCC(O)C(F)(F)F)N[C@@](Cc1ccccc1)(c1cc(F)cc(OC(F)(F)C(F)F)c1)c1ccc(F)c(C(F)(F)F)c1. The second-order valence-electron chi connectivity index (χ2n) is 9.29. The molecule has 0 aliphatic carbocycles. The third kappa shape index (κ3) is 8.27. The molecule has 3 aromatic rings. The zero-order valence-corrected chi connectivity index (χ0v) is 21.7. The maximum Gasteiger partial charge on any atom is 0.461 e. The van der Waals surface area contributed by atoms with Crippen molar-refractivity contribution in [1.82, 2.24) is 10.6 Å². The number of carbonyl (C=O) groups excluding carboxylic acids is 1. The van der Waals surface area contributed by atoms with Crippen molar-refractivity contribution in [2.24, 2.45) is 0 Å². The Kier molecular flexibility index (Phi) is 10.0. The third-order valence-electron chi connectivity index (χ3n) is 6.11. The summed E-state index contributed by atoms with van der Waals surface area (Å²) in [4.78, 5) is 12.9. The number of ether oxygens (including phenoxy) is 1. The predicted octanol–water partition coefficient (Wildman–Crippen LogP) is 6.93. The monoisotopic (exact) mass is 648 g/mol. The van der Waals surface area contributed by atoms with Crippen molar-refractivity contribution in [1.29, 1.82) is 0 Å². The topological polar surface area (TPSA) is 70.6 Å². The number of nitrogens with one attached hydrogen (secondary N) is 2. The van der Waals surface area contributed by atoms with Crippen molar-refractivity contribution < 1.29 is 67.3 Å². The fourth-order valence-electron chi connectivity index (χ4n) is 4.08. The van der Waals surface area contributed by atoms with E-state index in [0.717, 1.165) is 0 Å². The van der Waals surface area contributed by atoms with Gasteiger partial charge >= 0.3 is 30.9 Å². The number of hydrogen-bond acceptors (Lipinski definition) is 3. The Bertz CT molecular complexity index is 1450. The third-order valence-corrected chi connectivity index (χ3v) is 6.11. The average molecular weight is 648 g/mol. The molecule has 0 bridgehead atoms. The Hall–Kier alpha value is -4.15. The maximum atomic E-state index is 14.8. The van der Waals surface area contributed by atoms with Crippen LogP contribution in [0.4, 0.5) is 57.5 Å². The van der Waals surface area contributed by atoms with E-state index in [1.165, 1.54) is 30.3 Å². The first-order chi connectivity index (χ1) is 20.2. The number of aliphatic hydroxyl groups is 1. The van der Waals surface area contributed by atoms with Crippen molar-refractivity contribution in [2.45, 2.75) is 43.0 Å². The summed E-state index contributed by atoms with van der Waals surface area (Å²) in [7, 11) is 0. The maximum absolute atomic E-state index is 14.8. The lowest BCUT2D eigenvalue weighted by Gasteiger charge is -2.37. The van der Waals surface area contributed by atoms with Gasteiger partial charge in [-0.25, -0.2) is 13.6 Å². The summed E-state index contributed by atoms with van der Waals surface area (Å²) in [6.07, 6.45) is -24.0. The summed E-state index contributed by atoms with van der Waals surface area (Å²) < 4.78 is 166. The summed E-state index contributed by atoms with van der Waals surface area (Å²) in [6.45, 7) is -1.48. The summed E-state index contributed by atoms with van der Waals surface area (Å²) in [5.41, 5.74) is -5.75. The van der Waals surface area contributed by atoms with Crippen LogP contribution in [0.1, 0.15) is 22.3 Å². The second kappa shape index (κ2) is 12.8. The van der Waals surface area contributed by atoms with Gasteiger partial charge in [-0.3, -0.25) is 0 Å². The molecule has 0 fully saturated rings. The highest BCUT2D eigenvalue weighted by Gasteiger charge is 2.46. The van der Waals surface area contributed by atoms with Crippen molar-refractivity contribution in [2.75, 3.05) is 6.54 Å². The number of rotatable bonds is 10. The number of benzene rings is 3. The van der Waals surface area contributed by atoms with Gasteiger partial charge in [0.2, 0.25) is 0 Å². The van der Waals surface area contributed by atoms with Crippen LogP contribution in [0.15, 0.2) is 66.7 Å². The number of alkyl halides is 10. The molecule has 5 nitrogen and oxygen atoms in total. The fourth-order valence-corrected chi connectivity index (χ4v) is 4.08. The molecule has 0 aliphatic heterocycles. The molecule has 0 spiro atoms. The van der Waals surface area contributed by atoms with E-state index in [1.54, 1.807) is 5.32 Å². The molecule has 0 radical (unpaired) electrons. The van der Waals surface area contributed by atoms with Gasteiger partial charge < -0.3 is 20.5 Å². The van der Waals surface area contributed by atoms with Gasteiger partial charge in [0.05, 0.1) is 17.6 Å². The summed E-state index contributed by atoms with van der Waals surface area (Å²) >= 11 is 0. The highest BCUT2D eigenvalue weighted by Crippen LogP contribution is 2.40. The molecule has 0 aromatic heterocycles. The van der Waals surface area contributed by atoms with E-state index in [9.17, 15) is 62.6 Å². The number of hydrogen-bond donors (Lipinski definition) is 3. The Morgan fingerprint density at radius 2 is 1.48 bits per heavy atom. The van der Waals surface area contributed by atoms with Crippen LogP contribution in [0.5, 0.6) is 5.75 Å². The van der Waals surface area contributed by atoms with Crippen LogP contribution in [0, 0.1) is 11.6 Å². The van der Waals surface area contributed by atoms with Crippen LogP contribution in [-0.4, -0.2) is 42.5 Å². The number of amides is 2. The van der Waals surface area contributed by atoms with Crippen LogP contribution >= 0.6 is 0 Å². The van der Waals surface area contributed by atoms with E-state index in [-0.39, 0.29) is 17.7 Å². The molecule has 2 atom stereocenters. The van der Waals surface area contributed by atoms with Crippen molar-refractivity contribution in [3.8, 4) is 5.75 Å². The van der Waals surface area contributed by atoms with Gasteiger partial charge in [-0.15, -0.1) is 0 Å². The molecule has 0 heterocycles. The Balaban J connectivity index is 2.30. The first-order valence-corrected chi connectivity index (χ1v) is 12.1. The highest BCUT2D eigenvalue weighted by atomic mass is 19.4. The van der Waals surface area contributed by atoms with Crippen LogP contribution in [0.25, 0.3) is 0 Å². The molecule has 3 aromatic carbocycles. The van der Waals surface area contributed by atoms with Crippen LogP contribution < -0.4 is 15.4 Å². The largest absolute Gasteiger partial charge is 0.461 e. The van der Waals surface area contributed by atoms with Gasteiger partial charge in [-0.05, 0) is 41.0 Å². The molecule has 17 heteroatoms. The highest BCUT2D eigenvalue weighted by molar-refractivity contribution is 5.76. The van der Waals surface area contributed by atoms with Gasteiger partial charge in [0.15, 0.2) is 6.10 Å². The number of carbonyl (C=O) groups is 1. The molecule has 3 N–H and O–H groups in total. The smallest absolute Gasteiger partial charge is 0.428 e. The molecular weight excluding hydrogens is 628 g/mol. The van der Waals surface area contributed by atoms with Crippen LogP contribution in [0.2, 0.25) is 0 Å². The lowest BCUT2D eigenvalue weighted by atomic mass is 9.77. The molecule has 2 amide bonds. The fraction of sp³-hybridized carbons (Fsp3) is 0.296. The predicted molar refractivity (Wildman–Crippen MR) is 129 cm³/mol. The minimum Gasteiger partial charge on any atom is -0.428 e. The number of aliphatic hydroxyl groups excluding tert-OH is 1. The zero-order valence-electron chi connectivity index (χ0n) is 21.7. The minimum absolute atomic E-state index is 0.144. The van der Waals surface area contributed by atoms with Gasteiger partial charge in [0, 0.05) is 12.5 Å². The molecule has 1 unspecified atom stereocenters. The Morgan fingerprint density at radius 3 is 2.05 bits per heavy atom. The van der Waals surface area contributed by atoms with Gasteiger partial charge in [0.25, 0.3) is 0 Å². The average Bonchev–Trinajstić information content (AvgIpc) is 2.90. The first kappa shape index (κ1) is 34.3. The first-order valence-electron chi connectivity index (χ1n) is 12.1. The number of halogens is 12. The van der Waals surface area contributed by atoms with Crippen molar-refractivity contribution in [3.63, 3.8) is 0 Å². The normalized spacial score (nSPS) is 14.6. The van der Waals surface area contributed by atoms with Crippen LogP contribution in [0.3, 0.4) is 0 Å². The Labute approximate surface area is 240 Å². The summed E-state index contributed by atoms with van der Waals surface area (Å²) in [5.74, 6) is -4.56. The Morgan fingerprint density at radius 1 is 0.841 bits per heavy atom. The van der Waals surface area contributed by atoms with E-state index in [0.29, 0.717) is 24.3 Å². The van der Waals surface area contributed by atoms with Gasteiger partial charge in [-0.2, -0.15) is 43.9 Å². The molecule has 0 saturated heterocycles. The molecular formula is C27H20F12N2O3. The van der Waals surface area contributed by atoms with Gasteiger partial charge in [-0.1, -0.05) is 36.4 Å². The molecule has 0 aliphatic rings. The van der Waals surface area contributed by atoms with Crippen LogP contribution in [-0.2, 0) is 18.1 Å². The van der Waals surface area contributed by atoms with E-state index in [4.69, 9.17) is 0 Å². The summed E-state index contributed by atoms with van der Waals surface area (Å²) in [5, 5.41) is 13.0. The van der Waals surface area contributed by atoms with E-state index in [2.05, 4.69) is 10.1 Å². The lowest BCUT2D eigenvalue weighted by molar-refractivity contribution is -0.253. The molecule has 240 valence electrons. The molecule has 3 rings (SSSR count). The van der Waals surface area contributed by atoms with Gasteiger partial charge in [0.1, 0.15) is 17.4 Å². The van der Waals surface area contributed by atoms with Crippen molar-refractivity contribution >= 4 is 6.03 Å². The lowest BCUT2D eigenvalue weighted by Crippen LogP contribution is -2.54.